The molecule has 0 aromatic heterocycles. The maximum atomic E-state index is 10.5. The van der Waals surface area contributed by atoms with Gasteiger partial charge in [-0.05, 0) is 13.3 Å². The average Bonchev–Trinajstić information content (AvgIpc) is 2.34. The van der Waals surface area contributed by atoms with Crippen molar-refractivity contribution in [2.75, 3.05) is 25.6 Å². The lowest BCUT2D eigenvalue weighted by molar-refractivity contribution is 0.0716. The van der Waals surface area contributed by atoms with Gasteiger partial charge in [-0.25, -0.2) is 0 Å². The molecule has 21 heavy (non-hydrogen) atoms. The minimum absolute atomic E-state index is 0.132. The van der Waals surface area contributed by atoms with Crippen LogP contribution >= 0.6 is 0 Å². The largest absolute Gasteiger partial charge is 0.394 e. The van der Waals surface area contributed by atoms with Crippen molar-refractivity contribution in [3.05, 3.63) is 0 Å². The fraction of sp³-hybridized carbons (Fsp3) is 0.889. The van der Waals surface area contributed by atoms with E-state index in [-0.39, 0.29) is 5.75 Å². The molecule has 0 saturated carbocycles. The van der Waals surface area contributed by atoms with Crippen molar-refractivity contribution in [3.63, 3.8) is 0 Å². The fourth-order valence-electron chi connectivity index (χ4n) is 0.906. The second-order valence-electron chi connectivity index (χ2n) is 4.09. The fourth-order valence-corrected chi connectivity index (χ4v) is 1.73. The van der Waals surface area contributed by atoms with Crippen LogP contribution in [0.5, 0.6) is 0 Å². The third-order valence-corrected chi connectivity index (χ3v) is 3.88. The molecule has 0 atom stereocenters. The number of aliphatic hydroxyl groups excluding tert-OH is 3. The summed E-state index contributed by atoms with van der Waals surface area (Å²) >= 11 is 0. The van der Waals surface area contributed by atoms with Crippen LogP contribution in [0.2, 0.25) is 0 Å². The van der Waals surface area contributed by atoms with Gasteiger partial charge in [0.25, 0.3) is 10.1 Å². The van der Waals surface area contributed by atoms with E-state index in [2.05, 4.69) is 4.99 Å². The Kier molecular flexibility index (Phi) is 10.1. The normalized spacial score (nSPS) is 13.6. The summed E-state index contributed by atoms with van der Waals surface area (Å²) in [6.45, 7) is 0.491. The molecule has 0 aromatic carbocycles. The molecular weight excluding hydrogens is 330 g/mol. The van der Waals surface area contributed by atoms with E-state index < -0.39 is 50.6 Å². The molecule has 0 unspecified atom stereocenters. The first-order chi connectivity index (χ1) is 9.37. The van der Waals surface area contributed by atoms with Crippen LogP contribution in [0.3, 0.4) is 0 Å². The molecule has 0 radical (unpaired) electrons. The molecule has 0 aliphatic carbocycles. The smallest absolute Gasteiger partial charge is 0.307 e. The molecule has 0 heterocycles. The van der Waals surface area contributed by atoms with Crippen LogP contribution < -0.4 is 0 Å². The molecule has 0 rings (SSSR count). The number of nitrogens with zero attached hydrogens (tertiary/aromatic N) is 1. The number of hydrogen-bond acceptors (Lipinski definition) is 8. The zero-order valence-corrected chi connectivity index (χ0v) is 13.3. The molecule has 128 valence electrons. The molecule has 10 nitrogen and oxygen atoms in total. The second kappa shape index (κ2) is 9.40. The van der Waals surface area contributed by atoms with Gasteiger partial charge in [0, 0.05) is 0 Å². The Hall–Kier alpha value is -0.630. The van der Waals surface area contributed by atoms with Gasteiger partial charge in [-0.15, -0.1) is 0 Å². The SMILES string of the molecule is C/C(=N\C(CO)(CO)CO)S(=O)(=O)O.CCCS(=O)(=O)O. The minimum Gasteiger partial charge on any atom is -0.394 e. The van der Waals surface area contributed by atoms with Crippen LogP contribution in [0.1, 0.15) is 20.3 Å². The van der Waals surface area contributed by atoms with Gasteiger partial charge in [-0.2, -0.15) is 16.8 Å². The van der Waals surface area contributed by atoms with E-state index in [1.807, 2.05) is 0 Å². The molecule has 12 heteroatoms. The Balaban J connectivity index is 0. The topological polar surface area (TPSA) is 182 Å². The molecule has 0 aliphatic heterocycles. The molecule has 0 amide bonds. The van der Waals surface area contributed by atoms with E-state index in [9.17, 15) is 16.8 Å². The lowest BCUT2D eigenvalue weighted by Gasteiger charge is -2.22. The number of hydrogen-bond donors (Lipinski definition) is 5. The summed E-state index contributed by atoms with van der Waals surface area (Å²) in [6, 6.07) is 0. The van der Waals surface area contributed by atoms with Crippen LogP contribution in [0, 0.1) is 0 Å². The first kappa shape index (κ1) is 22.6. The van der Waals surface area contributed by atoms with Gasteiger partial charge in [0.2, 0.25) is 0 Å². The highest BCUT2D eigenvalue weighted by Crippen LogP contribution is 2.10. The number of aliphatic imine (C=N–C) groups is 1. The highest BCUT2D eigenvalue weighted by molar-refractivity contribution is 8.01. The molecule has 0 bridgehead atoms. The molecule has 0 saturated heterocycles. The van der Waals surface area contributed by atoms with Crippen LogP contribution in [-0.2, 0) is 20.2 Å². The van der Waals surface area contributed by atoms with Gasteiger partial charge in [-0.1, -0.05) is 6.92 Å². The summed E-state index contributed by atoms with van der Waals surface area (Å²) in [6.07, 6.45) is 0.471. The maximum Gasteiger partial charge on any atom is 0.307 e. The Morgan fingerprint density at radius 1 is 1.00 bits per heavy atom. The molecule has 0 fully saturated rings. The van der Waals surface area contributed by atoms with E-state index >= 15 is 0 Å². The minimum atomic E-state index is -4.45. The molecule has 0 spiro atoms. The van der Waals surface area contributed by atoms with Crippen LogP contribution in [0.15, 0.2) is 4.99 Å². The van der Waals surface area contributed by atoms with Gasteiger partial charge in [0.05, 0.1) is 25.6 Å². The summed E-state index contributed by atoms with van der Waals surface area (Å²) in [5.41, 5.74) is -1.68. The monoisotopic (exact) mass is 351 g/mol. The van der Waals surface area contributed by atoms with Crippen LogP contribution in [-0.4, -0.2) is 77.4 Å². The summed E-state index contributed by atoms with van der Waals surface area (Å²) in [7, 11) is -8.12. The zero-order chi connectivity index (χ0) is 17.3. The average molecular weight is 351 g/mol. The second-order valence-corrected chi connectivity index (χ2v) is 7.20. The van der Waals surface area contributed by atoms with E-state index in [4.69, 9.17) is 24.4 Å². The Morgan fingerprint density at radius 3 is 1.52 bits per heavy atom. The summed E-state index contributed by atoms with van der Waals surface area (Å²) in [5.74, 6) is -0.132. The summed E-state index contributed by atoms with van der Waals surface area (Å²) in [5, 5.41) is 25.7. The first-order valence-corrected chi connectivity index (χ1v) is 8.74. The van der Waals surface area contributed by atoms with Gasteiger partial charge < -0.3 is 15.3 Å². The molecular formula is C9H21NO9S2. The lowest BCUT2D eigenvalue weighted by Crippen LogP contribution is -2.41. The predicted molar refractivity (Wildman–Crippen MR) is 75.4 cm³/mol. The Bertz CT molecular complexity index is 511. The summed E-state index contributed by atoms with van der Waals surface area (Å²) < 4.78 is 57.2. The van der Waals surface area contributed by atoms with Crippen molar-refractivity contribution < 1.29 is 41.3 Å². The van der Waals surface area contributed by atoms with Crippen molar-refractivity contribution in [2.45, 2.75) is 25.8 Å². The van der Waals surface area contributed by atoms with Gasteiger partial charge in [-0.3, -0.25) is 14.1 Å². The van der Waals surface area contributed by atoms with Crippen molar-refractivity contribution in [1.82, 2.24) is 0 Å². The van der Waals surface area contributed by atoms with Crippen molar-refractivity contribution in [2.24, 2.45) is 4.99 Å². The van der Waals surface area contributed by atoms with Crippen LogP contribution in [0.4, 0.5) is 0 Å². The molecule has 0 aliphatic rings. The highest BCUT2D eigenvalue weighted by Gasteiger charge is 2.29. The van der Waals surface area contributed by atoms with E-state index in [0.29, 0.717) is 6.42 Å². The van der Waals surface area contributed by atoms with E-state index in [0.717, 1.165) is 6.92 Å². The third-order valence-electron chi connectivity index (χ3n) is 2.11. The van der Waals surface area contributed by atoms with Crippen molar-refractivity contribution in [3.8, 4) is 0 Å². The van der Waals surface area contributed by atoms with Crippen LogP contribution in [0.25, 0.3) is 0 Å². The standard InChI is InChI=1S/C6H13NO6S.C3H8O3S/c1-5(14(11,12)13)7-6(2-8,3-9)4-10;1-2-3-7(4,5)6/h8-10H,2-4H2,1H3,(H,11,12,13);2-3H2,1H3,(H,4,5,6)/b7-5+;. The number of aliphatic hydroxyl groups is 3. The lowest BCUT2D eigenvalue weighted by atomic mass is 10.1. The Morgan fingerprint density at radius 2 is 1.38 bits per heavy atom. The van der Waals surface area contributed by atoms with Crippen molar-refractivity contribution in [1.29, 1.82) is 0 Å². The van der Waals surface area contributed by atoms with E-state index in [1.54, 1.807) is 6.92 Å². The first-order valence-electron chi connectivity index (χ1n) is 5.69. The quantitative estimate of drug-likeness (QED) is 0.211. The zero-order valence-electron chi connectivity index (χ0n) is 11.7. The maximum absolute atomic E-state index is 10.5. The van der Waals surface area contributed by atoms with Crippen molar-refractivity contribution >= 4 is 25.3 Å². The van der Waals surface area contributed by atoms with Gasteiger partial charge >= 0.3 is 10.1 Å². The molecule has 5 N–H and O–H groups in total. The Labute approximate surface area is 123 Å². The van der Waals surface area contributed by atoms with Gasteiger partial charge in [0.1, 0.15) is 5.54 Å². The van der Waals surface area contributed by atoms with E-state index in [1.165, 1.54) is 0 Å². The number of rotatable bonds is 6. The molecule has 0 aromatic rings. The third kappa shape index (κ3) is 10.7. The summed E-state index contributed by atoms with van der Waals surface area (Å²) in [4.78, 5) is 3.36. The van der Waals surface area contributed by atoms with Gasteiger partial charge in [0.15, 0.2) is 5.04 Å². The predicted octanol–water partition coefficient (Wildman–Crippen LogP) is -1.71. The highest BCUT2D eigenvalue weighted by atomic mass is 32.2.